The molecule has 0 bridgehead atoms. The molecule has 0 aromatic heterocycles. The third-order valence-corrected chi connectivity index (χ3v) is 4.24. The minimum Gasteiger partial charge on any atom is -0.309 e. The van der Waals surface area contributed by atoms with Crippen LogP contribution in [0.3, 0.4) is 0 Å². The average Bonchev–Trinajstić information content (AvgIpc) is 2.77. The van der Waals surface area contributed by atoms with Gasteiger partial charge in [0.25, 0.3) is 0 Å². The van der Waals surface area contributed by atoms with Crippen LogP contribution in [0.25, 0.3) is 0 Å². The van der Waals surface area contributed by atoms with Gasteiger partial charge in [0.1, 0.15) is 0 Å². The van der Waals surface area contributed by atoms with Gasteiger partial charge < -0.3 is 4.90 Å². The number of nitrogens with one attached hydrogen (secondary N) is 1. The molecule has 90 valence electrons. The van der Waals surface area contributed by atoms with Gasteiger partial charge in [-0.2, -0.15) is 5.26 Å². The molecular formula is C11H13N3O2S. The van der Waals surface area contributed by atoms with Crippen LogP contribution < -0.4 is 4.72 Å². The Morgan fingerprint density at radius 2 is 2.06 bits per heavy atom. The molecule has 0 amide bonds. The molecule has 1 atom stereocenters. The maximum atomic E-state index is 12.0. The molecule has 2 rings (SSSR count). The first-order valence-electron chi connectivity index (χ1n) is 5.34. The van der Waals surface area contributed by atoms with Crippen molar-refractivity contribution in [3.63, 3.8) is 0 Å². The Hall–Kier alpha value is -1.58. The third-order valence-electron chi connectivity index (χ3n) is 2.70. The van der Waals surface area contributed by atoms with Crippen LogP contribution in [0.2, 0.25) is 0 Å². The second kappa shape index (κ2) is 4.73. The van der Waals surface area contributed by atoms with Gasteiger partial charge >= 0.3 is 0 Å². The highest BCUT2D eigenvalue weighted by Gasteiger charge is 2.26. The summed E-state index contributed by atoms with van der Waals surface area (Å²) in [6, 6.07) is 8.07. The fraction of sp³-hybridized carbons (Fsp3) is 0.364. The van der Waals surface area contributed by atoms with Crippen molar-refractivity contribution in [1.29, 1.82) is 5.26 Å². The zero-order valence-electron chi connectivity index (χ0n) is 9.20. The van der Waals surface area contributed by atoms with E-state index >= 15 is 0 Å². The lowest BCUT2D eigenvalue weighted by Gasteiger charge is -2.12. The van der Waals surface area contributed by atoms with Crippen molar-refractivity contribution in [2.75, 3.05) is 13.1 Å². The Morgan fingerprint density at radius 3 is 2.65 bits per heavy atom. The predicted molar refractivity (Wildman–Crippen MR) is 62.4 cm³/mol. The summed E-state index contributed by atoms with van der Waals surface area (Å²) in [5.74, 6) is 0. The largest absolute Gasteiger partial charge is 0.309 e. The van der Waals surface area contributed by atoms with Gasteiger partial charge in [-0.3, -0.25) is 0 Å². The molecule has 1 N–H and O–H groups in total. The zero-order valence-corrected chi connectivity index (χ0v) is 10.0. The smallest absolute Gasteiger partial charge is 0.240 e. The quantitative estimate of drug-likeness (QED) is 0.795. The molecule has 1 aliphatic heterocycles. The normalized spacial score (nSPS) is 20.2. The maximum Gasteiger partial charge on any atom is 0.240 e. The molecule has 0 aliphatic carbocycles. The van der Waals surface area contributed by atoms with Crippen LogP contribution in [0.4, 0.5) is 0 Å². The molecule has 5 nitrogen and oxygen atoms in total. The maximum absolute atomic E-state index is 12.0. The monoisotopic (exact) mass is 251 g/mol. The van der Waals surface area contributed by atoms with Gasteiger partial charge in [0, 0.05) is 19.1 Å². The van der Waals surface area contributed by atoms with E-state index in [2.05, 4.69) is 4.72 Å². The SMILES string of the molecule is N#CN1CCC(NS(=O)(=O)c2ccccc2)C1. The van der Waals surface area contributed by atoms with E-state index < -0.39 is 10.0 Å². The number of sulfonamides is 1. The lowest BCUT2D eigenvalue weighted by molar-refractivity contribution is 0.470. The highest BCUT2D eigenvalue weighted by Crippen LogP contribution is 2.13. The van der Waals surface area contributed by atoms with Crippen LogP contribution in [-0.4, -0.2) is 32.4 Å². The van der Waals surface area contributed by atoms with Gasteiger partial charge in [-0.05, 0) is 18.6 Å². The fourth-order valence-electron chi connectivity index (χ4n) is 1.83. The van der Waals surface area contributed by atoms with Crippen LogP contribution in [0.1, 0.15) is 6.42 Å². The Labute approximate surface area is 101 Å². The van der Waals surface area contributed by atoms with E-state index in [1.807, 2.05) is 6.19 Å². The lowest BCUT2D eigenvalue weighted by Crippen LogP contribution is -2.36. The van der Waals surface area contributed by atoms with E-state index in [9.17, 15) is 8.42 Å². The number of rotatable bonds is 3. The highest BCUT2D eigenvalue weighted by atomic mass is 32.2. The molecule has 1 fully saturated rings. The number of hydrogen-bond donors (Lipinski definition) is 1. The molecular weight excluding hydrogens is 238 g/mol. The van der Waals surface area contributed by atoms with Gasteiger partial charge in [-0.25, -0.2) is 13.1 Å². The number of nitriles is 1. The van der Waals surface area contributed by atoms with Crippen molar-refractivity contribution in [2.45, 2.75) is 17.4 Å². The van der Waals surface area contributed by atoms with Gasteiger partial charge in [0.05, 0.1) is 4.90 Å². The predicted octanol–water partition coefficient (Wildman–Crippen LogP) is 0.520. The van der Waals surface area contributed by atoms with Crippen LogP contribution in [0, 0.1) is 11.5 Å². The molecule has 1 aromatic rings. The zero-order chi connectivity index (χ0) is 12.3. The molecule has 1 saturated heterocycles. The van der Waals surface area contributed by atoms with Crippen molar-refractivity contribution in [2.24, 2.45) is 0 Å². The number of benzene rings is 1. The van der Waals surface area contributed by atoms with E-state index in [1.54, 1.807) is 35.2 Å². The molecule has 0 saturated carbocycles. The summed E-state index contributed by atoms with van der Waals surface area (Å²) in [6.45, 7) is 1.06. The summed E-state index contributed by atoms with van der Waals surface area (Å²) in [5, 5.41) is 8.70. The summed E-state index contributed by atoms with van der Waals surface area (Å²) in [7, 11) is -3.46. The molecule has 1 heterocycles. The molecule has 6 heteroatoms. The molecule has 0 radical (unpaired) electrons. The Kier molecular flexibility index (Phi) is 3.31. The van der Waals surface area contributed by atoms with Crippen molar-refractivity contribution >= 4 is 10.0 Å². The van der Waals surface area contributed by atoms with E-state index in [1.165, 1.54) is 0 Å². The molecule has 1 unspecified atom stereocenters. The average molecular weight is 251 g/mol. The molecule has 0 spiro atoms. The summed E-state index contributed by atoms with van der Waals surface area (Å²) >= 11 is 0. The standard InChI is InChI=1S/C11H13N3O2S/c12-9-14-7-6-10(8-14)13-17(15,16)11-4-2-1-3-5-11/h1-5,10,13H,6-8H2. The van der Waals surface area contributed by atoms with Crippen LogP contribution in [-0.2, 0) is 10.0 Å². The summed E-state index contributed by atoms with van der Waals surface area (Å²) in [4.78, 5) is 1.81. The van der Waals surface area contributed by atoms with Crippen molar-refractivity contribution in [3.8, 4) is 6.19 Å². The van der Waals surface area contributed by atoms with E-state index in [0.717, 1.165) is 0 Å². The van der Waals surface area contributed by atoms with Gasteiger partial charge in [-0.15, -0.1) is 0 Å². The van der Waals surface area contributed by atoms with E-state index in [-0.39, 0.29) is 10.9 Å². The molecule has 1 aromatic carbocycles. The third kappa shape index (κ3) is 2.75. The van der Waals surface area contributed by atoms with Crippen molar-refractivity contribution < 1.29 is 8.42 Å². The second-order valence-electron chi connectivity index (χ2n) is 3.97. The van der Waals surface area contributed by atoms with Gasteiger partial charge in [0.15, 0.2) is 6.19 Å². The van der Waals surface area contributed by atoms with Gasteiger partial charge in [-0.1, -0.05) is 18.2 Å². The number of hydrogen-bond acceptors (Lipinski definition) is 4. The first-order chi connectivity index (χ1) is 8.12. The highest BCUT2D eigenvalue weighted by molar-refractivity contribution is 7.89. The van der Waals surface area contributed by atoms with E-state index in [0.29, 0.717) is 19.5 Å². The molecule has 17 heavy (non-hydrogen) atoms. The number of likely N-dealkylation sites (tertiary alicyclic amines) is 1. The minimum absolute atomic E-state index is 0.181. The van der Waals surface area contributed by atoms with Crippen LogP contribution in [0.15, 0.2) is 35.2 Å². The summed E-state index contributed by atoms with van der Waals surface area (Å²) in [5.41, 5.74) is 0. The Bertz CT molecular complexity index is 521. The lowest BCUT2D eigenvalue weighted by atomic mass is 10.3. The Morgan fingerprint density at radius 1 is 1.35 bits per heavy atom. The van der Waals surface area contributed by atoms with Gasteiger partial charge in [0.2, 0.25) is 10.0 Å². The first-order valence-corrected chi connectivity index (χ1v) is 6.82. The molecule has 1 aliphatic rings. The summed E-state index contributed by atoms with van der Waals surface area (Å²) in [6.07, 6.45) is 2.68. The minimum atomic E-state index is -3.46. The van der Waals surface area contributed by atoms with E-state index in [4.69, 9.17) is 5.26 Å². The topological polar surface area (TPSA) is 73.2 Å². The second-order valence-corrected chi connectivity index (χ2v) is 5.68. The van der Waals surface area contributed by atoms with Crippen LogP contribution >= 0.6 is 0 Å². The fourth-order valence-corrected chi connectivity index (χ4v) is 3.12. The Balaban J connectivity index is 2.07. The first kappa shape index (κ1) is 11.9. The van der Waals surface area contributed by atoms with Crippen molar-refractivity contribution in [3.05, 3.63) is 30.3 Å². The summed E-state index contributed by atoms with van der Waals surface area (Å²) < 4.78 is 26.6. The van der Waals surface area contributed by atoms with Crippen LogP contribution in [0.5, 0.6) is 0 Å². The number of nitrogens with zero attached hydrogens (tertiary/aromatic N) is 2. The van der Waals surface area contributed by atoms with Crippen molar-refractivity contribution in [1.82, 2.24) is 9.62 Å².